The quantitative estimate of drug-likeness (QED) is 0.677. The van der Waals surface area contributed by atoms with E-state index in [0.717, 1.165) is 18.9 Å². The van der Waals surface area contributed by atoms with Gasteiger partial charge >= 0.3 is 5.97 Å². The van der Waals surface area contributed by atoms with E-state index in [4.69, 9.17) is 16.3 Å². The van der Waals surface area contributed by atoms with Crippen molar-refractivity contribution in [1.82, 2.24) is 0 Å². The highest BCUT2D eigenvalue weighted by atomic mass is 35.5. The zero-order chi connectivity index (χ0) is 14.7. The fourth-order valence-electron chi connectivity index (χ4n) is 1.92. The summed E-state index contributed by atoms with van der Waals surface area (Å²) in [6.45, 7) is 1.26. The summed E-state index contributed by atoms with van der Waals surface area (Å²) >= 11 is 7.37. The number of nitro groups is 1. The standard InChI is InChI=1S/C12H12ClNO5S/c13-10-6-7(14(17)18)5-9(12(15)16)11(10)20-8-1-3-19-4-2-8/h5-6,8H,1-4H2,(H,15,16). The molecule has 0 aliphatic carbocycles. The van der Waals surface area contributed by atoms with Crippen molar-refractivity contribution in [2.45, 2.75) is 23.0 Å². The molecule has 1 N–H and O–H groups in total. The number of carboxylic acids is 1. The van der Waals surface area contributed by atoms with Gasteiger partial charge in [0.25, 0.3) is 5.69 Å². The number of hydrogen-bond acceptors (Lipinski definition) is 5. The van der Waals surface area contributed by atoms with E-state index >= 15 is 0 Å². The minimum Gasteiger partial charge on any atom is -0.478 e. The van der Waals surface area contributed by atoms with Gasteiger partial charge in [-0.3, -0.25) is 10.1 Å². The van der Waals surface area contributed by atoms with E-state index in [-0.39, 0.29) is 21.5 Å². The van der Waals surface area contributed by atoms with Gasteiger partial charge in [0.1, 0.15) is 0 Å². The Morgan fingerprint density at radius 1 is 1.45 bits per heavy atom. The minimum absolute atomic E-state index is 0.105. The Balaban J connectivity index is 2.35. The van der Waals surface area contributed by atoms with Crippen LogP contribution in [0.3, 0.4) is 0 Å². The number of aromatic carboxylic acids is 1. The summed E-state index contributed by atoms with van der Waals surface area (Å²) < 4.78 is 5.24. The summed E-state index contributed by atoms with van der Waals surface area (Å²) in [4.78, 5) is 21.8. The van der Waals surface area contributed by atoms with Gasteiger partial charge in [0.15, 0.2) is 0 Å². The fourth-order valence-corrected chi connectivity index (χ4v) is 3.48. The van der Waals surface area contributed by atoms with Crippen LogP contribution in [0.4, 0.5) is 5.69 Å². The molecular weight excluding hydrogens is 306 g/mol. The van der Waals surface area contributed by atoms with Crippen LogP contribution >= 0.6 is 23.4 Å². The van der Waals surface area contributed by atoms with E-state index < -0.39 is 10.9 Å². The molecule has 1 aromatic rings. The Bertz CT molecular complexity index is 545. The van der Waals surface area contributed by atoms with E-state index in [1.165, 1.54) is 17.8 Å². The van der Waals surface area contributed by atoms with Crippen molar-refractivity contribution in [2.24, 2.45) is 0 Å². The van der Waals surface area contributed by atoms with Gasteiger partial charge in [0.05, 0.1) is 15.5 Å². The van der Waals surface area contributed by atoms with E-state index in [1.807, 2.05) is 0 Å². The number of nitro benzene ring substituents is 1. The lowest BCUT2D eigenvalue weighted by molar-refractivity contribution is -0.384. The molecule has 0 unspecified atom stereocenters. The number of carbonyl (C=O) groups is 1. The van der Waals surface area contributed by atoms with Crippen molar-refractivity contribution in [1.29, 1.82) is 0 Å². The van der Waals surface area contributed by atoms with Crippen molar-refractivity contribution in [3.63, 3.8) is 0 Å². The molecule has 20 heavy (non-hydrogen) atoms. The average molecular weight is 318 g/mol. The van der Waals surface area contributed by atoms with E-state index in [0.29, 0.717) is 18.1 Å². The van der Waals surface area contributed by atoms with Crippen molar-refractivity contribution in [3.05, 3.63) is 32.8 Å². The maximum absolute atomic E-state index is 11.3. The number of benzene rings is 1. The Kier molecular flexibility index (Phi) is 4.85. The summed E-state index contributed by atoms with van der Waals surface area (Å²) in [6.07, 6.45) is 1.61. The molecular formula is C12H12ClNO5S. The van der Waals surface area contributed by atoms with Gasteiger partial charge in [-0.2, -0.15) is 0 Å². The van der Waals surface area contributed by atoms with Crippen molar-refractivity contribution in [3.8, 4) is 0 Å². The molecule has 108 valence electrons. The first-order valence-corrected chi connectivity index (χ1v) is 7.20. The van der Waals surface area contributed by atoms with Crippen LogP contribution in [0.15, 0.2) is 17.0 Å². The molecule has 0 aromatic heterocycles. The zero-order valence-electron chi connectivity index (χ0n) is 10.4. The summed E-state index contributed by atoms with van der Waals surface area (Å²) in [7, 11) is 0. The Morgan fingerprint density at radius 3 is 2.65 bits per heavy atom. The van der Waals surface area contributed by atoms with Gasteiger partial charge in [-0.1, -0.05) is 11.6 Å². The molecule has 2 rings (SSSR count). The van der Waals surface area contributed by atoms with Crippen LogP contribution < -0.4 is 0 Å². The highest BCUT2D eigenvalue weighted by molar-refractivity contribution is 8.00. The maximum Gasteiger partial charge on any atom is 0.337 e. The topological polar surface area (TPSA) is 89.7 Å². The van der Waals surface area contributed by atoms with Crippen molar-refractivity contribution < 1.29 is 19.6 Å². The highest BCUT2D eigenvalue weighted by Crippen LogP contribution is 2.39. The molecule has 0 bridgehead atoms. The fraction of sp³-hybridized carbons (Fsp3) is 0.417. The van der Waals surface area contributed by atoms with Gasteiger partial charge in [-0.05, 0) is 12.8 Å². The number of hydrogen-bond donors (Lipinski definition) is 1. The third kappa shape index (κ3) is 3.41. The van der Waals surface area contributed by atoms with Crippen LogP contribution in [0.1, 0.15) is 23.2 Å². The largest absolute Gasteiger partial charge is 0.478 e. The molecule has 6 nitrogen and oxygen atoms in total. The summed E-state index contributed by atoms with van der Waals surface area (Å²) in [5.74, 6) is -1.22. The second-order valence-corrected chi connectivity index (χ2v) is 6.01. The number of ether oxygens (including phenoxy) is 1. The second kappa shape index (κ2) is 6.43. The molecule has 0 amide bonds. The lowest BCUT2D eigenvalue weighted by Crippen LogP contribution is -2.18. The number of carboxylic acid groups (broad SMARTS) is 1. The third-order valence-corrected chi connectivity index (χ3v) is 4.81. The predicted molar refractivity (Wildman–Crippen MR) is 74.8 cm³/mol. The van der Waals surface area contributed by atoms with Crippen molar-refractivity contribution >= 4 is 35.0 Å². The van der Waals surface area contributed by atoms with Crippen LogP contribution in [0.25, 0.3) is 0 Å². The van der Waals surface area contributed by atoms with E-state index in [1.54, 1.807) is 0 Å². The molecule has 0 radical (unpaired) electrons. The summed E-state index contributed by atoms with van der Waals surface area (Å²) in [6, 6.07) is 2.24. The van der Waals surface area contributed by atoms with Gasteiger partial charge in [-0.15, -0.1) is 11.8 Å². The number of nitrogens with zero attached hydrogens (tertiary/aromatic N) is 1. The molecule has 0 saturated carbocycles. The first-order chi connectivity index (χ1) is 9.49. The van der Waals surface area contributed by atoms with Gasteiger partial charge < -0.3 is 9.84 Å². The first kappa shape index (κ1) is 15.1. The predicted octanol–water partition coefficient (Wildman–Crippen LogP) is 3.22. The second-order valence-electron chi connectivity index (χ2n) is 4.30. The van der Waals surface area contributed by atoms with E-state index in [9.17, 15) is 20.0 Å². The number of rotatable bonds is 4. The van der Waals surface area contributed by atoms with Crippen LogP contribution in [-0.2, 0) is 4.74 Å². The molecule has 8 heteroatoms. The normalized spacial score (nSPS) is 16.1. The van der Waals surface area contributed by atoms with Gasteiger partial charge in [0.2, 0.25) is 0 Å². The van der Waals surface area contributed by atoms with Crippen LogP contribution in [0, 0.1) is 10.1 Å². The molecule has 0 atom stereocenters. The van der Waals surface area contributed by atoms with Gasteiger partial charge in [0, 0.05) is 35.5 Å². The number of thioether (sulfide) groups is 1. The van der Waals surface area contributed by atoms with Crippen LogP contribution in [0.5, 0.6) is 0 Å². The maximum atomic E-state index is 11.3. The Hall–Kier alpha value is -1.31. The summed E-state index contributed by atoms with van der Waals surface area (Å²) in [5, 5.41) is 20.3. The first-order valence-electron chi connectivity index (χ1n) is 5.94. The zero-order valence-corrected chi connectivity index (χ0v) is 11.9. The molecule has 0 spiro atoms. The molecule has 1 aliphatic heterocycles. The molecule has 1 aliphatic rings. The van der Waals surface area contributed by atoms with Crippen molar-refractivity contribution in [2.75, 3.05) is 13.2 Å². The van der Waals surface area contributed by atoms with Gasteiger partial charge in [-0.25, -0.2) is 4.79 Å². The minimum atomic E-state index is -1.22. The number of halogens is 1. The van der Waals surface area contributed by atoms with E-state index in [2.05, 4.69) is 0 Å². The van der Waals surface area contributed by atoms with Crippen LogP contribution in [-0.4, -0.2) is 34.5 Å². The summed E-state index contributed by atoms with van der Waals surface area (Å²) in [5.41, 5.74) is -0.440. The monoisotopic (exact) mass is 317 g/mol. The lowest BCUT2D eigenvalue weighted by Gasteiger charge is -2.22. The SMILES string of the molecule is O=C(O)c1cc([N+](=O)[O-])cc(Cl)c1SC1CCOCC1. The molecule has 1 heterocycles. The molecule has 1 aromatic carbocycles. The highest BCUT2D eigenvalue weighted by Gasteiger charge is 2.24. The molecule has 1 fully saturated rings. The average Bonchev–Trinajstić information content (AvgIpc) is 2.41. The van der Waals surface area contributed by atoms with Crippen LogP contribution in [0.2, 0.25) is 5.02 Å². The third-order valence-electron chi connectivity index (χ3n) is 2.92. The Morgan fingerprint density at radius 2 is 2.10 bits per heavy atom. The number of non-ortho nitro benzene ring substituents is 1. The molecule has 1 saturated heterocycles. The Labute approximate surface area is 124 Å². The smallest absolute Gasteiger partial charge is 0.337 e. The lowest BCUT2D eigenvalue weighted by atomic mass is 10.2.